The number of nitrogens with two attached hydrogens (primary N) is 1. The van der Waals surface area contributed by atoms with Crippen molar-refractivity contribution in [2.45, 2.75) is 6.42 Å². The molecule has 0 unspecified atom stereocenters. The predicted molar refractivity (Wildman–Crippen MR) is 77.8 cm³/mol. The molecule has 0 saturated carbocycles. The van der Waals surface area contributed by atoms with Crippen LogP contribution in [0.3, 0.4) is 0 Å². The van der Waals surface area contributed by atoms with Gasteiger partial charge in [-0.2, -0.15) is 0 Å². The number of para-hydroxylation sites is 1. The average molecular weight is 272 g/mol. The molecule has 0 bridgehead atoms. The van der Waals surface area contributed by atoms with E-state index in [0.29, 0.717) is 17.1 Å². The number of ether oxygens (including phenoxy) is 1. The molecular weight excluding hydrogens is 256 g/mol. The summed E-state index contributed by atoms with van der Waals surface area (Å²) < 4.78 is 5.20. The number of carbonyl (C=O) groups excluding carboxylic acids is 1. The average Bonchev–Trinajstić information content (AvgIpc) is 2.42. The molecule has 0 aliphatic carbocycles. The van der Waals surface area contributed by atoms with E-state index in [2.05, 4.69) is 5.32 Å². The van der Waals surface area contributed by atoms with Crippen LogP contribution in [0, 0.1) is 0 Å². The van der Waals surface area contributed by atoms with Gasteiger partial charge in [-0.1, -0.05) is 18.2 Å². The Labute approximate surface area is 117 Å². The van der Waals surface area contributed by atoms with Gasteiger partial charge in [0.25, 0.3) is 0 Å². The molecule has 2 rings (SSSR count). The minimum absolute atomic E-state index is 0.0604. The second kappa shape index (κ2) is 5.97. The van der Waals surface area contributed by atoms with Gasteiger partial charge in [0.2, 0.25) is 5.91 Å². The van der Waals surface area contributed by atoms with Crippen molar-refractivity contribution in [1.82, 2.24) is 0 Å². The van der Waals surface area contributed by atoms with Crippen molar-refractivity contribution in [3.63, 3.8) is 0 Å². The van der Waals surface area contributed by atoms with Crippen molar-refractivity contribution in [1.29, 1.82) is 0 Å². The number of anilines is 2. The summed E-state index contributed by atoms with van der Waals surface area (Å²) in [7, 11) is 1.56. The van der Waals surface area contributed by atoms with Crippen LogP contribution in [0.5, 0.6) is 11.5 Å². The third-order valence-corrected chi connectivity index (χ3v) is 2.85. The molecule has 104 valence electrons. The highest BCUT2D eigenvalue weighted by Crippen LogP contribution is 2.24. The summed E-state index contributed by atoms with van der Waals surface area (Å²) in [5.74, 6) is 0.526. The lowest BCUT2D eigenvalue weighted by atomic mass is 10.1. The zero-order chi connectivity index (χ0) is 14.5. The Morgan fingerprint density at radius 3 is 2.75 bits per heavy atom. The van der Waals surface area contributed by atoms with Crippen LogP contribution in [0.1, 0.15) is 5.56 Å². The highest BCUT2D eigenvalue weighted by atomic mass is 16.5. The van der Waals surface area contributed by atoms with Gasteiger partial charge in [-0.3, -0.25) is 4.79 Å². The van der Waals surface area contributed by atoms with E-state index in [9.17, 15) is 9.90 Å². The largest absolute Gasteiger partial charge is 0.508 e. The van der Waals surface area contributed by atoms with Gasteiger partial charge in [-0.25, -0.2) is 0 Å². The zero-order valence-electron chi connectivity index (χ0n) is 11.1. The Bertz CT molecular complexity index is 626. The lowest BCUT2D eigenvalue weighted by molar-refractivity contribution is -0.115. The number of methoxy groups -OCH3 is 1. The van der Waals surface area contributed by atoms with Gasteiger partial charge < -0.3 is 20.9 Å². The highest BCUT2D eigenvalue weighted by molar-refractivity contribution is 5.95. The number of phenolic OH excluding ortho intramolecular Hbond substituents is 1. The molecular formula is C15H16N2O3. The maximum atomic E-state index is 12.0. The predicted octanol–water partition coefficient (Wildman–Crippen LogP) is 2.16. The smallest absolute Gasteiger partial charge is 0.228 e. The van der Waals surface area contributed by atoms with Gasteiger partial charge in [0, 0.05) is 11.6 Å². The standard InChI is InChI=1S/C15H16N2O3/c1-20-14-5-3-2-4-10(14)8-15(19)17-13-7-6-11(18)9-12(13)16/h2-7,9,18H,8,16H2,1H3,(H,17,19). The van der Waals surface area contributed by atoms with Crippen molar-refractivity contribution in [3.05, 3.63) is 48.0 Å². The number of carbonyl (C=O) groups is 1. The fourth-order valence-electron chi connectivity index (χ4n) is 1.88. The number of hydrogen-bond donors (Lipinski definition) is 3. The van der Waals surface area contributed by atoms with E-state index in [1.54, 1.807) is 19.2 Å². The van der Waals surface area contributed by atoms with Gasteiger partial charge in [0.05, 0.1) is 24.9 Å². The number of aromatic hydroxyl groups is 1. The maximum absolute atomic E-state index is 12.0. The first kappa shape index (κ1) is 13.7. The minimum Gasteiger partial charge on any atom is -0.508 e. The van der Waals surface area contributed by atoms with Crippen LogP contribution in [0.25, 0.3) is 0 Å². The van der Waals surface area contributed by atoms with Gasteiger partial charge in [0.15, 0.2) is 0 Å². The van der Waals surface area contributed by atoms with E-state index in [0.717, 1.165) is 5.56 Å². The highest BCUT2D eigenvalue weighted by Gasteiger charge is 2.10. The number of rotatable bonds is 4. The van der Waals surface area contributed by atoms with E-state index < -0.39 is 0 Å². The summed E-state index contributed by atoms with van der Waals surface area (Å²) in [4.78, 5) is 12.0. The number of nitrogens with one attached hydrogen (secondary N) is 1. The molecule has 0 saturated heterocycles. The SMILES string of the molecule is COc1ccccc1CC(=O)Nc1ccc(O)cc1N. The first-order chi connectivity index (χ1) is 9.60. The van der Waals surface area contributed by atoms with Crippen molar-refractivity contribution >= 4 is 17.3 Å². The molecule has 0 aromatic heterocycles. The van der Waals surface area contributed by atoms with Crippen molar-refractivity contribution < 1.29 is 14.6 Å². The molecule has 1 amide bonds. The number of hydrogen-bond acceptors (Lipinski definition) is 4. The minimum atomic E-state index is -0.202. The zero-order valence-corrected chi connectivity index (χ0v) is 11.1. The number of benzene rings is 2. The van der Waals surface area contributed by atoms with Gasteiger partial charge >= 0.3 is 0 Å². The first-order valence-electron chi connectivity index (χ1n) is 6.10. The lowest BCUT2D eigenvalue weighted by Gasteiger charge is -2.10. The summed E-state index contributed by atoms with van der Waals surface area (Å²) in [6.45, 7) is 0. The van der Waals surface area contributed by atoms with Crippen LogP contribution in [0.2, 0.25) is 0 Å². The number of nitrogen functional groups attached to an aromatic ring is 1. The molecule has 0 aliphatic heterocycles. The monoisotopic (exact) mass is 272 g/mol. The molecule has 5 nitrogen and oxygen atoms in total. The van der Waals surface area contributed by atoms with E-state index >= 15 is 0 Å². The molecule has 0 radical (unpaired) electrons. The molecule has 20 heavy (non-hydrogen) atoms. The Kier molecular flexibility index (Phi) is 4.10. The fraction of sp³-hybridized carbons (Fsp3) is 0.133. The maximum Gasteiger partial charge on any atom is 0.228 e. The number of phenols is 1. The van der Waals surface area contributed by atoms with E-state index in [4.69, 9.17) is 10.5 Å². The summed E-state index contributed by atoms with van der Waals surface area (Å²) in [6.07, 6.45) is 0.185. The van der Waals surface area contributed by atoms with Gasteiger partial charge in [0.1, 0.15) is 11.5 Å². The van der Waals surface area contributed by atoms with Crippen LogP contribution in [-0.4, -0.2) is 18.1 Å². The van der Waals surface area contributed by atoms with Crippen LogP contribution < -0.4 is 15.8 Å². The van der Waals surface area contributed by atoms with E-state index in [-0.39, 0.29) is 18.1 Å². The summed E-state index contributed by atoms with van der Waals surface area (Å²) in [5, 5.41) is 12.0. The molecule has 0 spiro atoms. The summed E-state index contributed by atoms with van der Waals surface area (Å²) >= 11 is 0. The van der Waals surface area contributed by atoms with E-state index in [1.807, 2.05) is 18.2 Å². The van der Waals surface area contributed by atoms with Crippen molar-refractivity contribution in [2.24, 2.45) is 0 Å². The van der Waals surface area contributed by atoms with Gasteiger partial charge in [-0.15, -0.1) is 0 Å². The Morgan fingerprint density at radius 1 is 1.30 bits per heavy atom. The first-order valence-corrected chi connectivity index (χ1v) is 6.10. The van der Waals surface area contributed by atoms with Crippen LogP contribution in [0.15, 0.2) is 42.5 Å². The second-order valence-electron chi connectivity index (χ2n) is 4.31. The quantitative estimate of drug-likeness (QED) is 0.588. The number of amides is 1. The van der Waals surface area contributed by atoms with Crippen LogP contribution >= 0.6 is 0 Å². The third kappa shape index (κ3) is 3.20. The van der Waals surface area contributed by atoms with Crippen molar-refractivity contribution in [3.8, 4) is 11.5 Å². The molecule has 2 aromatic carbocycles. The topological polar surface area (TPSA) is 84.6 Å². The fourth-order valence-corrected chi connectivity index (χ4v) is 1.88. The molecule has 0 fully saturated rings. The Morgan fingerprint density at radius 2 is 2.05 bits per heavy atom. The normalized spacial score (nSPS) is 10.1. The summed E-state index contributed by atoms with van der Waals surface area (Å²) in [5.41, 5.74) is 7.31. The second-order valence-corrected chi connectivity index (χ2v) is 4.31. The molecule has 0 aliphatic rings. The van der Waals surface area contributed by atoms with Gasteiger partial charge in [-0.05, 0) is 18.2 Å². The molecule has 0 atom stereocenters. The molecule has 2 aromatic rings. The van der Waals surface area contributed by atoms with E-state index in [1.165, 1.54) is 12.1 Å². The van der Waals surface area contributed by atoms with Crippen LogP contribution in [-0.2, 0) is 11.2 Å². The van der Waals surface area contributed by atoms with Crippen LogP contribution in [0.4, 0.5) is 11.4 Å². The third-order valence-electron chi connectivity index (χ3n) is 2.85. The molecule has 0 heterocycles. The summed E-state index contributed by atoms with van der Waals surface area (Å²) in [6, 6.07) is 11.7. The molecule has 4 N–H and O–H groups in total. The Balaban J connectivity index is 2.09. The van der Waals surface area contributed by atoms with Crippen molar-refractivity contribution in [2.75, 3.05) is 18.2 Å². The molecule has 5 heteroatoms. The Hall–Kier alpha value is -2.69. The lowest BCUT2D eigenvalue weighted by Crippen LogP contribution is -2.15.